The van der Waals surface area contributed by atoms with Gasteiger partial charge in [-0.1, -0.05) is 17.7 Å². The molecular weight excluding hydrogens is 435 g/mol. The molecule has 0 radical (unpaired) electrons. The van der Waals surface area contributed by atoms with Gasteiger partial charge in [0, 0.05) is 53.6 Å². The van der Waals surface area contributed by atoms with Crippen LogP contribution in [0, 0.1) is 12.7 Å². The summed E-state index contributed by atoms with van der Waals surface area (Å²) in [7, 11) is 0. The largest absolute Gasteiger partial charge is 0.494 e. The minimum absolute atomic E-state index is 0.0402. The number of amides is 1. The number of hydrogen-bond acceptors (Lipinski definition) is 4. The molecule has 1 aliphatic rings. The molecule has 0 N–H and O–H groups in total. The van der Waals surface area contributed by atoms with Gasteiger partial charge in [-0.15, -0.1) is 11.8 Å². The van der Waals surface area contributed by atoms with Crippen molar-refractivity contribution >= 4 is 23.4 Å². The van der Waals surface area contributed by atoms with Crippen molar-refractivity contribution in [2.24, 2.45) is 0 Å². The van der Waals surface area contributed by atoms with Gasteiger partial charge in [0.15, 0.2) is 0 Å². The molecule has 1 amide bonds. The van der Waals surface area contributed by atoms with Crippen LogP contribution in [0.15, 0.2) is 71.6 Å². The van der Waals surface area contributed by atoms with E-state index in [4.69, 9.17) is 4.74 Å². The number of carbonyl (C=O) groups excluding carboxylic acids is 1. The highest BCUT2D eigenvalue weighted by Gasteiger charge is 2.23. The van der Waals surface area contributed by atoms with E-state index in [0.717, 1.165) is 35.8 Å². The van der Waals surface area contributed by atoms with Crippen molar-refractivity contribution in [2.75, 3.05) is 37.7 Å². The maximum Gasteiger partial charge on any atom is 0.253 e. The number of thioether (sulfide) groups is 1. The first kappa shape index (κ1) is 23.2. The zero-order valence-corrected chi connectivity index (χ0v) is 19.9. The molecule has 3 aromatic carbocycles. The highest BCUT2D eigenvalue weighted by molar-refractivity contribution is 7.98. The third-order valence-corrected chi connectivity index (χ3v) is 6.84. The average molecular weight is 465 g/mol. The maximum atomic E-state index is 13.2. The van der Waals surface area contributed by atoms with E-state index in [-0.39, 0.29) is 11.7 Å². The summed E-state index contributed by atoms with van der Waals surface area (Å²) in [5.74, 6) is 1.37. The molecule has 6 heteroatoms. The van der Waals surface area contributed by atoms with Crippen LogP contribution in [0.2, 0.25) is 0 Å². The Balaban J connectivity index is 1.43. The van der Waals surface area contributed by atoms with E-state index >= 15 is 0 Å². The van der Waals surface area contributed by atoms with Gasteiger partial charge >= 0.3 is 0 Å². The molecule has 33 heavy (non-hydrogen) atoms. The number of piperazine rings is 1. The summed E-state index contributed by atoms with van der Waals surface area (Å²) in [6, 6.07) is 20.7. The third-order valence-electron chi connectivity index (χ3n) is 5.78. The van der Waals surface area contributed by atoms with Crippen molar-refractivity contribution in [3.8, 4) is 5.75 Å². The van der Waals surface area contributed by atoms with Crippen LogP contribution < -0.4 is 9.64 Å². The summed E-state index contributed by atoms with van der Waals surface area (Å²) < 4.78 is 19.0. The van der Waals surface area contributed by atoms with Crippen LogP contribution in [0.4, 0.5) is 10.1 Å². The number of hydrogen-bond donors (Lipinski definition) is 0. The molecule has 1 saturated heterocycles. The summed E-state index contributed by atoms with van der Waals surface area (Å²) in [5.41, 5.74) is 3.94. The van der Waals surface area contributed by atoms with Crippen LogP contribution in [-0.2, 0) is 5.75 Å². The summed E-state index contributed by atoms with van der Waals surface area (Å²) in [6.45, 7) is 7.36. The average Bonchev–Trinajstić information content (AvgIpc) is 2.85. The molecule has 0 aromatic heterocycles. The van der Waals surface area contributed by atoms with Gasteiger partial charge < -0.3 is 14.5 Å². The lowest BCUT2D eigenvalue weighted by Crippen LogP contribution is -2.48. The van der Waals surface area contributed by atoms with Gasteiger partial charge in [-0.05, 0) is 68.4 Å². The minimum Gasteiger partial charge on any atom is -0.494 e. The Labute approximate surface area is 199 Å². The molecule has 4 nitrogen and oxygen atoms in total. The number of anilines is 1. The van der Waals surface area contributed by atoms with E-state index in [1.54, 1.807) is 23.9 Å². The van der Waals surface area contributed by atoms with Crippen LogP contribution >= 0.6 is 11.8 Å². The topological polar surface area (TPSA) is 32.8 Å². The zero-order chi connectivity index (χ0) is 23.2. The molecular formula is C27H29FN2O2S. The van der Waals surface area contributed by atoms with Crippen molar-refractivity contribution in [3.05, 3.63) is 89.2 Å². The van der Waals surface area contributed by atoms with E-state index in [9.17, 15) is 9.18 Å². The summed E-state index contributed by atoms with van der Waals surface area (Å²) >= 11 is 1.74. The van der Waals surface area contributed by atoms with E-state index in [1.165, 1.54) is 22.6 Å². The van der Waals surface area contributed by atoms with Crippen LogP contribution in [0.25, 0.3) is 0 Å². The predicted octanol–water partition coefficient (Wildman–Crippen LogP) is 5.79. The van der Waals surface area contributed by atoms with Gasteiger partial charge in [-0.2, -0.15) is 0 Å². The van der Waals surface area contributed by atoms with Crippen molar-refractivity contribution in [3.63, 3.8) is 0 Å². The molecule has 0 spiro atoms. The summed E-state index contributed by atoms with van der Waals surface area (Å²) in [6.07, 6.45) is 0. The fourth-order valence-electron chi connectivity index (χ4n) is 3.92. The lowest BCUT2D eigenvalue weighted by Gasteiger charge is -2.36. The van der Waals surface area contributed by atoms with Gasteiger partial charge in [0.1, 0.15) is 11.6 Å². The zero-order valence-electron chi connectivity index (χ0n) is 19.1. The van der Waals surface area contributed by atoms with Gasteiger partial charge in [0.25, 0.3) is 5.91 Å². The molecule has 4 rings (SSSR count). The second-order valence-corrected chi connectivity index (χ2v) is 9.16. The van der Waals surface area contributed by atoms with Gasteiger partial charge in [0.2, 0.25) is 0 Å². The molecule has 172 valence electrons. The fourth-order valence-corrected chi connectivity index (χ4v) is 4.80. The molecule has 3 aromatic rings. The van der Waals surface area contributed by atoms with Crippen LogP contribution in [0.5, 0.6) is 5.75 Å². The van der Waals surface area contributed by atoms with Gasteiger partial charge in [-0.25, -0.2) is 4.39 Å². The highest BCUT2D eigenvalue weighted by Crippen LogP contribution is 2.30. The number of nitrogens with zero attached hydrogens (tertiary/aromatic N) is 2. The van der Waals surface area contributed by atoms with Gasteiger partial charge in [0.05, 0.1) is 6.61 Å². The number of rotatable bonds is 7. The van der Waals surface area contributed by atoms with Crippen molar-refractivity contribution in [2.45, 2.75) is 24.5 Å². The predicted molar refractivity (Wildman–Crippen MR) is 133 cm³/mol. The molecule has 1 fully saturated rings. The molecule has 1 heterocycles. The first-order valence-electron chi connectivity index (χ1n) is 11.3. The Morgan fingerprint density at radius 3 is 2.33 bits per heavy atom. The number of ether oxygens (including phenoxy) is 1. The first-order valence-corrected chi connectivity index (χ1v) is 12.3. The Morgan fingerprint density at radius 2 is 1.67 bits per heavy atom. The van der Waals surface area contributed by atoms with Crippen molar-refractivity contribution in [1.29, 1.82) is 0 Å². The lowest BCUT2D eigenvalue weighted by molar-refractivity contribution is 0.0746. The Bertz CT molecular complexity index is 1080. The number of halogens is 1. The summed E-state index contributed by atoms with van der Waals surface area (Å²) in [5, 5.41) is 0. The van der Waals surface area contributed by atoms with Crippen LogP contribution in [-0.4, -0.2) is 43.6 Å². The highest BCUT2D eigenvalue weighted by atomic mass is 32.2. The van der Waals surface area contributed by atoms with Crippen LogP contribution in [0.1, 0.15) is 28.4 Å². The lowest BCUT2D eigenvalue weighted by atomic mass is 10.1. The number of carbonyl (C=O) groups is 1. The SMILES string of the molecule is CCOc1ccc(C(=O)N2CCN(c3ccc(F)cc3)CC2)cc1CSc1ccc(C)cc1. The Morgan fingerprint density at radius 1 is 0.970 bits per heavy atom. The first-order chi connectivity index (χ1) is 16.0. The van der Waals surface area contributed by atoms with E-state index < -0.39 is 0 Å². The van der Waals surface area contributed by atoms with Crippen molar-refractivity contribution in [1.82, 2.24) is 4.90 Å². The fraction of sp³-hybridized carbons (Fsp3) is 0.296. The van der Waals surface area contributed by atoms with E-state index in [2.05, 4.69) is 36.1 Å². The number of aryl methyl sites for hydroxylation is 1. The van der Waals surface area contributed by atoms with Gasteiger partial charge in [-0.3, -0.25) is 4.79 Å². The molecule has 1 aliphatic heterocycles. The normalized spacial score (nSPS) is 13.8. The monoisotopic (exact) mass is 464 g/mol. The number of benzene rings is 3. The third kappa shape index (κ3) is 5.88. The standard InChI is InChI=1S/C27H29FN2O2S/c1-3-32-26-13-6-21(18-22(26)19-33-25-11-4-20(2)5-12-25)27(31)30-16-14-29(15-17-30)24-9-7-23(28)8-10-24/h4-13,18H,3,14-17,19H2,1-2H3. The second kappa shape index (κ2) is 10.8. The summed E-state index contributed by atoms with van der Waals surface area (Å²) in [4.78, 5) is 18.5. The Kier molecular flexibility index (Phi) is 7.55. The second-order valence-electron chi connectivity index (χ2n) is 8.11. The maximum absolute atomic E-state index is 13.2. The van der Waals surface area contributed by atoms with E-state index in [1.807, 2.05) is 30.0 Å². The van der Waals surface area contributed by atoms with Crippen LogP contribution in [0.3, 0.4) is 0 Å². The molecule has 0 saturated carbocycles. The quantitative estimate of drug-likeness (QED) is 0.415. The molecule has 0 atom stereocenters. The van der Waals surface area contributed by atoms with Crippen molar-refractivity contribution < 1.29 is 13.9 Å². The van der Waals surface area contributed by atoms with E-state index in [0.29, 0.717) is 25.3 Å². The molecule has 0 aliphatic carbocycles. The Hall–Kier alpha value is -2.99. The minimum atomic E-state index is -0.237. The smallest absolute Gasteiger partial charge is 0.253 e. The molecule has 0 bridgehead atoms. The molecule has 0 unspecified atom stereocenters.